The van der Waals surface area contributed by atoms with Crippen LogP contribution < -0.4 is 0 Å². The van der Waals surface area contributed by atoms with Crippen molar-refractivity contribution in [3.63, 3.8) is 0 Å². The van der Waals surface area contributed by atoms with Gasteiger partial charge in [0.25, 0.3) is 0 Å². The number of furan rings is 1. The fourth-order valence-corrected chi connectivity index (χ4v) is 8.36. The van der Waals surface area contributed by atoms with Crippen molar-refractivity contribution in [3.05, 3.63) is 212 Å². The first-order valence-corrected chi connectivity index (χ1v) is 19.9. The van der Waals surface area contributed by atoms with Crippen molar-refractivity contribution in [1.82, 2.24) is 15.0 Å². The van der Waals surface area contributed by atoms with Crippen LogP contribution in [0.2, 0.25) is 0 Å². The van der Waals surface area contributed by atoms with E-state index in [0.717, 1.165) is 88.5 Å². The van der Waals surface area contributed by atoms with Gasteiger partial charge in [0.2, 0.25) is 0 Å². The highest BCUT2D eigenvalue weighted by Crippen LogP contribution is 2.40. The molecular weight excluding hydrogens is 719 g/mol. The summed E-state index contributed by atoms with van der Waals surface area (Å²) in [6.07, 6.45) is 0. The third kappa shape index (κ3) is 6.24. The second-order valence-corrected chi connectivity index (χ2v) is 14.7. The summed E-state index contributed by atoms with van der Waals surface area (Å²) in [6.45, 7) is 0. The molecule has 4 nitrogen and oxygen atoms in total. The maximum absolute atomic E-state index is 6.29. The molecule has 2 heterocycles. The average molecular weight is 754 g/mol. The molecule has 0 saturated heterocycles. The number of hydrogen-bond acceptors (Lipinski definition) is 4. The minimum absolute atomic E-state index is 0.609. The first-order chi connectivity index (χ1) is 29.2. The van der Waals surface area contributed by atoms with E-state index < -0.39 is 0 Å². The summed E-state index contributed by atoms with van der Waals surface area (Å²) in [5, 5.41) is 4.59. The summed E-state index contributed by atoms with van der Waals surface area (Å²) in [7, 11) is 0. The van der Waals surface area contributed by atoms with Crippen LogP contribution in [0.3, 0.4) is 0 Å². The molecule has 0 fully saturated rings. The van der Waals surface area contributed by atoms with Crippen LogP contribution in [0.1, 0.15) is 0 Å². The predicted octanol–water partition coefficient (Wildman–Crippen LogP) is 14.6. The molecule has 0 N–H and O–H groups in total. The molecule has 0 bridgehead atoms. The number of rotatable bonds is 7. The number of para-hydroxylation sites is 1. The number of fused-ring (bicyclic) bond motifs is 4. The molecule has 59 heavy (non-hydrogen) atoms. The Bertz CT molecular complexity index is 3230. The molecule has 0 atom stereocenters. The molecule has 0 saturated carbocycles. The number of benzene rings is 9. The van der Waals surface area contributed by atoms with Crippen LogP contribution in [0.5, 0.6) is 0 Å². The molecule has 2 aromatic heterocycles. The second kappa shape index (κ2) is 14.5. The summed E-state index contributed by atoms with van der Waals surface area (Å²) >= 11 is 0. The standard InChI is InChI=1S/C55H35N3O/c1-3-16-36(17-4-1)41-22-7-11-27-49(41)54-56-53(57-55(58-54)50-28-12-8-23-42(50)37-18-5-2-6-19-37)40-21-15-20-38(34-40)43-32-33-44(46-25-10-9-24-45(43)46)39-30-31-48-47-26-13-14-29-51(47)59-52(48)35-39/h1-35H. The van der Waals surface area contributed by atoms with Crippen molar-refractivity contribution in [2.45, 2.75) is 0 Å². The normalized spacial score (nSPS) is 11.4. The Morgan fingerprint density at radius 1 is 0.237 bits per heavy atom. The molecule has 11 aromatic rings. The van der Waals surface area contributed by atoms with Crippen molar-refractivity contribution in [2.24, 2.45) is 0 Å². The Labute approximate surface area is 341 Å². The van der Waals surface area contributed by atoms with Crippen LogP contribution in [0.15, 0.2) is 217 Å². The minimum Gasteiger partial charge on any atom is -0.456 e. The molecule has 11 rings (SSSR count). The van der Waals surface area contributed by atoms with E-state index in [4.69, 9.17) is 19.4 Å². The monoisotopic (exact) mass is 753 g/mol. The maximum Gasteiger partial charge on any atom is 0.164 e. The van der Waals surface area contributed by atoms with E-state index in [2.05, 4.69) is 176 Å². The number of hydrogen-bond donors (Lipinski definition) is 0. The van der Waals surface area contributed by atoms with Crippen molar-refractivity contribution in [3.8, 4) is 78.7 Å². The smallest absolute Gasteiger partial charge is 0.164 e. The van der Waals surface area contributed by atoms with Gasteiger partial charge in [-0.3, -0.25) is 0 Å². The van der Waals surface area contributed by atoms with Gasteiger partial charge in [-0.15, -0.1) is 0 Å². The Morgan fingerprint density at radius 2 is 0.678 bits per heavy atom. The Kier molecular flexibility index (Phi) is 8.45. The lowest BCUT2D eigenvalue weighted by molar-refractivity contribution is 0.669. The van der Waals surface area contributed by atoms with Gasteiger partial charge in [-0.1, -0.05) is 188 Å². The van der Waals surface area contributed by atoms with Crippen LogP contribution in [0.25, 0.3) is 111 Å². The molecule has 0 spiro atoms. The van der Waals surface area contributed by atoms with Crippen molar-refractivity contribution in [2.75, 3.05) is 0 Å². The van der Waals surface area contributed by atoms with E-state index >= 15 is 0 Å². The molecule has 0 aliphatic rings. The lowest BCUT2D eigenvalue weighted by atomic mass is 9.91. The van der Waals surface area contributed by atoms with Gasteiger partial charge in [-0.05, 0) is 79.5 Å². The number of nitrogens with zero attached hydrogens (tertiary/aromatic N) is 3. The lowest BCUT2D eigenvalue weighted by Gasteiger charge is -2.15. The zero-order valence-electron chi connectivity index (χ0n) is 32.0. The quantitative estimate of drug-likeness (QED) is 0.163. The van der Waals surface area contributed by atoms with Crippen LogP contribution in [-0.2, 0) is 0 Å². The largest absolute Gasteiger partial charge is 0.456 e. The van der Waals surface area contributed by atoms with Gasteiger partial charge in [0.1, 0.15) is 11.2 Å². The van der Waals surface area contributed by atoms with Crippen molar-refractivity contribution < 1.29 is 4.42 Å². The van der Waals surface area contributed by atoms with E-state index in [9.17, 15) is 0 Å². The second-order valence-electron chi connectivity index (χ2n) is 14.7. The molecular formula is C55H35N3O. The molecule has 4 heteroatoms. The Balaban J connectivity index is 1.06. The zero-order chi connectivity index (χ0) is 39.1. The average Bonchev–Trinajstić information content (AvgIpc) is 3.70. The van der Waals surface area contributed by atoms with Gasteiger partial charge in [0.15, 0.2) is 17.5 Å². The van der Waals surface area contributed by atoms with Gasteiger partial charge < -0.3 is 4.42 Å². The number of aromatic nitrogens is 3. The van der Waals surface area contributed by atoms with Crippen molar-refractivity contribution >= 4 is 32.7 Å². The summed E-state index contributed by atoms with van der Waals surface area (Å²) in [6, 6.07) is 74.0. The maximum atomic E-state index is 6.29. The van der Waals surface area contributed by atoms with Crippen LogP contribution in [0.4, 0.5) is 0 Å². The summed E-state index contributed by atoms with van der Waals surface area (Å²) in [5.41, 5.74) is 13.4. The summed E-state index contributed by atoms with van der Waals surface area (Å²) in [5.74, 6) is 1.85. The highest BCUT2D eigenvalue weighted by atomic mass is 16.3. The lowest BCUT2D eigenvalue weighted by Crippen LogP contribution is -2.02. The van der Waals surface area contributed by atoms with Crippen molar-refractivity contribution in [1.29, 1.82) is 0 Å². The van der Waals surface area contributed by atoms with E-state index in [1.165, 1.54) is 5.39 Å². The fourth-order valence-electron chi connectivity index (χ4n) is 8.36. The van der Waals surface area contributed by atoms with E-state index in [1.54, 1.807) is 0 Å². The van der Waals surface area contributed by atoms with Crippen LogP contribution >= 0.6 is 0 Å². The molecule has 0 aliphatic carbocycles. The summed E-state index contributed by atoms with van der Waals surface area (Å²) in [4.78, 5) is 15.7. The molecule has 0 unspecified atom stereocenters. The minimum atomic E-state index is 0.609. The molecule has 276 valence electrons. The summed E-state index contributed by atoms with van der Waals surface area (Å²) < 4.78 is 6.29. The first-order valence-electron chi connectivity index (χ1n) is 19.9. The Morgan fingerprint density at radius 3 is 1.29 bits per heavy atom. The van der Waals surface area contributed by atoms with E-state index in [0.29, 0.717) is 17.5 Å². The molecule has 0 amide bonds. The van der Waals surface area contributed by atoms with Crippen LogP contribution in [-0.4, -0.2) is 15.0 Å². The van der Waals surface area contributed by atoms with Gasteiger partial charge >= 0.3 is 0 Å². The van der Waals surface area contributed by atoms with E-state index in [1.807, 2.05) is 36.4 Å². The molecule has 0 radical (unpaired) electrons. The highest BCUT2D eigenvalue weighted by Gasteiger charge is 2.19. The SMILES string of the molecule is c1ccc(-c2ccccc2-c2nc(-c3cccc(-c4ccc(-c5ccc6c(c5)oc5ccccc56)c5ccccc45)c3)nc(-c3ccccc3-c3ccccc3)n2)cc1. The highest BCUT2D eigenvalue weighted by molar-refractivity contribution is 6.09. The van der Waals surface area contributed by atoms with Gasteiger partial charge in [-0.25, -0.2) is 15.0 Å². The molecule has 9 aromatic carbocycles. The third-order valence-corrected chi connectivity index (χ3v) is 11.2. The molecule has 0 aliphatic heterocycles. The fraction of sp³-hybridized carbons (Fsp3) is 0. The first kappa shape index (κ1) is 34.3. The topological polar surface area (TPSA) is 51.8 Å². The predicted molar refractivity (Wildman–Crippen MR) is 243 cm³/mol. The Hall–Kier alpha value is -7.95. The van der Waals surface area contributed by atoms with Crippen LogP contribution in [0, 0.1) is 0 Å². The van der Waals surface area contributed by atoms with Gasteiger partial charge in [0, 0.05) is 27.5 Å². The van der Waals surface area contributed by atoms with Gasteiger partial charge in [0.05, 0.1) is 0 Å². The third-order valence-electron chi connectivity index (χ3n) is 11.2. The van der Waals surface area contributed by atoms with Gasteiger partial charge in [-0.2, -0.15) is 0 Å². The zero-order valence-corrected chi connectivity index (χ0v) is 32.0. The van der Waals surface area contributed by atoms with E-state index in [-0.39, 0.29) is 0 Å².